The van der Waals surface area contributed by atoms with E-state index in [1.165, 1.54) is 6.07 Å². The van der Waals surface area contributed by atoms with Crippen LogP contribution in [0.2, 0.25) is 0 Å². The second kappa shape index (κ2) is 5.71. The fourth-order valence-electron chi connectivity index (χ4n) is 1.38. The van der Waals surface area contributed by atoms with E-state index >= 15 is 0 Å². The molecule has 1 rings (SSSR count). The van der Waals surface area contributed by atoms with Gasteiger partial charge < -0.3 is 5.73 Å². The van der Waals surface area contributed by atoms with Crippen LogP contribution in [0, 0.1) is 18.8 Å². The van der Waals surface area contributed by atoms with Crippen LogP contribution in [-0.2, 0) is 10.0 Å². The minimum absolute atomic E-state index is 0.269. The van der Waals surface area contributed by atoms with Gasteiger partial charge in [0.25, 0.3) is 0 Å². The van der Waals surface area contributed by atoms with Gasteiger partial charge >= 0.3 is 0 Å². The van der Waals surface area contributed by atoms with Crippen LogP contribution in [0.25, 0.3) is 0 Å². The Bertz CT molecular complexity index is 510. The Hall–Kier alpha value is -1.07. The normalized spacial score (nSPS) is 13.8. The Kier molecular flexibility index (Phi) is 4.76. The molecule has 0 bridgehead atoms. The second-order valence-corrected chi connectivity index (χ2v) is 6.86. The van der Waals surface area contributed by atoms with Gasteiger partial charge in [0.1, 0.15) is 0 Å². The predicted molar refractivity (Wildman–Crippen MR) is 74.8 cm³/mol. The lowest BCUT2D eigenvalue weighted by atomic mass is 9.99. The summed E-state index contributed by atoms with van der Waals surface area (Å²) in [6, 6.07) is 4.75. The molecule has 4 nitrogen and oxygen atoms in total. The van der Waals surface area contributed by atoms with Crippen LogP contribution in [0.15, 0.2) is 23.1 Å². The minimum Gasteiger partial charge on any atom is -0.399 e. The molecule has 102 valence electrons. The van der Waals surface area contributed by atoms with Gasteiger partial charge in [-0.1, -0.05) is 20.8 Å². The summed E-state index contributed by atoms with van der Waals surface area (Å²) in [5.41, 5.74) is 7.05. The highest BCUT2D eigenvalue weighted by Gasteiger charge is 2.16. The van der Waals surface area contributed by atoms with Crippen molar-refractivity contribution in [3.8, 4) is 0 Å². The lowest BCUT2D eigenvalue weighted by Gasteiger charge is -2.16. The molecule has 0 aliphatic heterocycles. The number of nitrogens with two attached hydrogens (primary N) is 1. The molecule has 0 amide bonds. The van der Waals surface area contributed by atoms with Gasteiger partial charge in [0, 0.05) is 12.2 Å². The third kappa shape index (κ3) is 3.71. The summed E-state index contributed by atoms with van der Waals surface area (Å²) in [5, 5.41) is 0. The van der Waals surface area contributed by atoms with Crippen molar-refractivity contribution in [1.29, 1.82) is 0 Å². The van der Waals surface area contributed by atoms with Gasteiger partial charge in [-0.25, -0.2) is 13.1 Å². The highest BCUT2D eigenvalue weighted by Crippen LogP contribution is 2.17. The largest absolute Gasteiger partial charge is 0.399 e. The van der Waals surface area contributed by atoms with Gasteiger partial charge in [-0.3, -0.25) is 0 Å². The van der Waals surface area contributed by atoms with Crippen molar-refractivity contribution in [1.82, 2.24) is 4.72 Å². The van der Waals surface area contributed by atoms with Crippen molar-refractivity contribution >= 4 is 15.7 Å². The molecule has 1 aromatic carbocycles. The molecule has 18 heavy (non-hydrogen) atoms. The summed E-state index contributed by atoms with van der Waals surface area (Å²) in [6.07, 6.45) is 0. The topological polar surface area (TPSA) is 72.2 Å². The van der Waals surface area contributed by atoms with Crippen molar-refractivity contribution < 1.29 is 8.42 Å². The summed E-state index contributed by atoms with van der Waals surface area (Å²) in [6.45, 7) is 8.43. The second-order valence-electron chi connectivity index (χ2n) is 5.09. The lowest BCUT2D eigenvalue weighted by Crippen LogP contribution is -2.30. The van der Waals surface area contributed by atoms with Crippen molar-refractivity contribution in [2.45, 2.75) is 32.6 Å². The SMILES string of the molecule is Cc1cc(S(=O)(=O)NCC(C)C(C)C)ccc1N. The Morgan fingerprint density at radius 2 is 1.89 bits per heavy atom. The maximum Gasteiger partial charge on any atom is 0.240 e. The number of nitrogens with one attached hydrogen (secondary N) is 1. The average molecular weight is 270 g/mol. The van der Waals surface area contributed by atoms with Crippen LogP contribution in [0.3, 0.4) is 0 Å². The van der Waals surface area contributed by atoms with E-state index in [4.69, 9.17) is 5.73 Å². The smallest absolute Gasteiger partial charge is 0.240 e. The van der Waals surface area contributed by atoms with E-state index in [0.29, 0.717) is 24.1 Å². The summed E-state index contributed by atoms with van der Waals surface area (Å²) < 4.78 is 26.8. The first-order chi connectivity index (χ1) is 8.24. The maximum atomic E-state index is 12.1. The van der Waals surface area contributed by atoms with E-state index in [0.717, 1.165) is 5.56 Å². The van der Waals surface area contributed by atoms with Gasteiger partial charge in [-0.15, -0.1) is 0 Å². The highest BCUT2D eigenvalue weighted by atomic mass is 32.2. The molecule has 5 heteroatoms. The third-order valence-electron chi connectivity index (χ3n) is 3.28. The number of anilines is 1. The fraction of sp³-hybridized carbons (Fsp3) is 0.538. The van der Waals surface area contributed by atoms with Crippen LogP contribution in [-0.4, -0.2) is 15.0 Å². The Morgan fingerprint density at radius 3 is 2.39 bits per heavy atom. The number of nitrogen functional groups attached to an aromatic ring is 1. The van der Waals surface area contributed by atoms with Gasteiger partial charge in [-0.2, -0.15) is 0 Å². The van der Waals surface area contributed by atoms with Gasteiger partial charge in [0.05, 0.1) is 4.90 Å². The maximum absolute atomic E-state index is 12.1. The molecule has 0 radical (unpaired) electrons. The first-order valence-electron chi connectivity index (χ1n) is 6.10. The summed E-state index contributed by atoms with van der Waals surface area (Å²) >= 11 is 0. The number of hydrogen-bond donors (Lipinski definition) is 2. The number of benzene rings is 1. The van der Waals surface area contributed by atoms with Gasteiger partial charge in [0.2, 0.25) is 10.0 Å². The molecule has 0 saturated carbocycles. The molecule has 0 spiro atoms. The monoisotopic (exact) mass is 270 g/mol. The van der Waals surface area contributed by atoms with E-state index in [-0.39, 0.29) is 4.90 Å². The lowest BCUT2D eigenvalue weighted by molar-refractivity contribution is 0.414. The molecule has 1 unspecified atom stereocenters. The zero-order valence-electron chi connectivity index (χ0n) is 11.4. The minimum atomic E-state index is -3.43. The van der Waals surface area contributed by atoms with Crippen LogP contribution in [0.1, 0.15) is 26.3 Å². The molecule has 0 aromatic heterocycles. The number of sulfonamides is 1. The quantitative estimate of drug-likeness (QED) is 0.805. The van der Waals surface area contributed by atoms with E-state index in [9.17, 15) is 8.42 Å². The molecule has 1 aromatic rings. The molecular formula is C13H22N2O2S. The van der Waals surface area contributed by atoms with Crippen LogP contribution in [0.5, 0.6) is 0 Å². The Morgan fingerprint density at radius 1 is 1.28 bits per heavy atom. The summed E-state index contributed by atoms with van der Waals surface area (Å²) in [4.78, 5) is 0.269. The van der Waals surface area contributed by atoms with E-state index in [1.54, 1.807) is 19.1 Å². The molecule has 0 heterocycles. The predicted octanol–water partition coefficient (Wildman–Crippen LogP) is 2.15. The molecule has 1 atom stereocenters. The van der Waals surface area contributed by atoms with Crippen LogP contribution < -0.4 is 10.5 Å². The number of rotatable bonds is 5. The van der Waals surface area contributed by atoms with Crippen molar-refractivity contribution in [3.05, 3.63) is 23.8 Å². The van der Waals surface area contributed by atoms with Crippen LogP contribution in [0.4, 0.5) is 5.69 Å². The van der Waals surface area contributed by atoms with E-state index in [1.807, 2.05) is 6.92 Å². The average Bonchev–Trinajstić information content (AvgIpc) is 2.29. The summed E-state index contributed by atoms with van der Waals surface area (Å²) in [5.74, 6) is 0.746. The van der Waals surface area contributed by atoms with Crippen LogP contribution >= 0.6 is 0 Å². The van der Waals surface area contributed by atoms with Crippen molar-refractivity contribution in [2.24, 2.45) is 11.8 Å². The van der Waals surface area contributed by atoms with Crippen molar-refractivity contribution in [3.63, 3.8) is 0 Å². The van der Waals surface area contributed by atoms with Crippen molar-refractivity contribution in [2.75, 3.05) is 12.3 Å². The van der Waals surface area contributed by atoms with Gasteiger partial charge in [-0.05, 0) is 42.5 Å². The van der Waals surface area contributed by atoms with Gasteiger partial charge in [0.15, 0.2) is 0 Å². The first-order valence-corrected chi connectivity index (χ1v) is 7.58. The molecular weight excluding hydrogens is 248 g/mol. The molecule has 0 aliphatic rings. The highest BCUT2D eigenvalue weighted by molar-refractivity contribution is 7.89. The zero-order valence-corrected chi connectivity index (χ0v) is 12.2. The Balaban J connectivity index is 2.83. The molecule has 0 aliphatic carbocycles. The standard InChI is InChI=1S/C13H22N2O2S/c1-9(2)11(4)8-15-18(16,17)12-5-6-13(14)10(3)7-12/h5-7,9,11,15H,8,14H2,1-4H3. The molecule has 0 fully saturated rings. The molecule has 3 N–H and O–H groups in total. The third-order valence-corrected chi connectivity index (χ3v) is 4.71. The Labute approximate surface area is 110 Å². The number of hydrogen-bond acceptors (Lipinski definition) is 3. The zero-order chi connectivity index (χ0) is 13.9. The first kappa shape index (κ1) is 15.0. The number of aryl methyl sites for hydroxylation is 1. The van der Waals surface area contributed by atoms with E-state index in [2.05, 4.69) is 18.6 Å². The molecule has 0 saturated heterocycles. The summed E-state index contributed by atoms with van der Waals surface area (Å²) in [7, 11) is -3.43. The van der Waals surface area contributed by atoms with E-state index < -0.39 is 10.0 Å². The fourth-order valence-corrected chi connectivity index (χ4v) is 2.60.